The monoisotopic (exact) mass is 206 g/mol. The number of hydrogen-bond acceptors (Lipinski definition) is 3. The van der Waals surface area contributed by atoms with Crippen LogP contribution in [0.1, 0.15) is 5.56 Å². The topological polar surface area (TPSA) is 55.8 Å². The van der Waals surface area contributed by atoms with Gasteiger partial charge < -0.3 is 14.6 Å². The van der Waals surface area contributed by atoms with Gasteiger partial charge in [-0.25, -0.2) is 4.79 Å². The summed E-state index contributed by atoms with van der Waals surface area (Å²) in [5, 5.41) is 8.33. The van der Waals surface area contributed by atoms with Gasteiger partial charge in [-0.2, -0.15) is 0 Å². The zero-order valence-electron chi connectivity index (χ0n) is 8.19. The number of carboxylic acid groups (broad SMARTS) is 1. The number of hydrogen-bond donors (Lipinski definition) is 1. The van der Waals surface area contributed by atoms with Gasteiger partial charge in [0.15, 0.2) is 6.79 Å². The van der Waals surface area contributed by atoms with E-state index in [0.717, 1.165) is 0 Å². The van der Waals surface area contributed by atoms with Crippen LogP contribution in [0, 0.1) is 11.8 Å². The van der Waals surface area contributed by atoms with E-state index in [9.17, 15) is 4.79 Å². The van der Waals surface area contributed by atoms with Crippen molar-refractivity contribution in [3.05, 3.63) is 29.8 Å². The van der Waals surface area contributed by atoms with E-state index in [1.807, 2.05) is 5.92 Å². The predicted octanol–water partition coefficient (Wildman–Crippen LogP) is 1.11. The number of ether oxygens (including phenoxy) is 2. The Morgan fingerprint density at radius 3 is 2.60 bits per heavy atom. The second kappa shape index (κ2) is 5.68. The van der Waals surface area contributed by atoms with Gasteiger partial charge in [0.2, 0.25) is 0 Å². The summed E-state index contributed by atoms with van der Waals surface area (Å²) in [5.74, 6) is 4.02. The average molecular weight is 206 g/mol. The SMILES string of the molecule is COCOc1ccc(C#CC(=O)O)cc1. The maximum absolute atomic E-state index is 10.2. The summed E-state index contributed by atoms with van der Waals surface area (Å²) >= 11 is 0. The first kappa shape index (κ1) is 11.1. The van der Waals surface area contributed by atoms with Gasteiger partial charge in [-0.05, 0) is 24.3 Å². The van der Waals surface area contributed by atoms with Crippen LogP contribution in [-0.2, 0) is 9.53 Å². The van der Waals surface area contributed by atoms with Gasteiger partial charge in [0.05, 0.1) is 0 Å². The fraction of sp³-hybridized carbons (Fsp3) is 0.182. The van der Waals surface area contributed by atoms with E-state index in [0.29, 0.717) is 11.3 Å². The summed E-state index contributed by atoms with van der Waals surface area (Å²) in [7, 11) is 1.53. The molecule has 0 unspecified atom stereocenters. The molecule has 0 saturated carbocycles. The van der Waals surface area contributed by atoms with Crippen LogP contribution < -0.4 is 4.74 Å². The standard InChI is InChI=1S/C11H10O4/c1-14-8-15-10-5-2-9(3-6-10)4-7-11(12)13/h2-3,5-6H,8H2,1H3,(H,12,13). The van der Waals surface area contributed by atoms with Crippen LogP contribution in [0.2, 0.25) is 0 Å². The fourth-order valence-electron chi connectivity index (χ4n) is 0.887. The van der Waals surface area contributed by atoms with Gasteiger partial charge in [0, 0.05) is 18.6 Å². The minimum atomic E-state index is -1.14. The molecule has 0 aliphatic carbocycles. The van der Waals surface area contributed by atoms with Crippen molar-refractivity contribution in [2.45, 2.75) is 0 Å². The van der Waals surface area contributed by atoms with Crippen molar-refractivity contribution in [1.82, 2.24) is 0 Å². The first-order chi connectivity index (χ1) is 7.22. The molecular formula is C11H10O4. The van der Waals surface area contributed by atoms with E-state index >= 15 is 0 Å². The van der Waals surface area contributed by atoms with Crippen LogP contribution in [0.15, 0.2) is 24.3 Å². The molecule has 4 heteroatoms. The number of benzene rings is 1. The number of methoxy groups -OCH3 is 1. The van der Waals surface area contributed by atoms with E-state index in [1.165, 1.54) is 7.11 Å². The lowest BCUT2D eigenvalue weighted by Gasteiger charge is -2.03. The summed E-state index contributed by atoms with van der Waals surface area (Å²) in [6.45, 7) is 0.181. The molecule has 0 saturated heterocycles. The lowest BCUT2D eigenvalue weighted by atomic mass is 10.2. The van der Waals surface area contributed by atoms with Gasteiger partial charge in [-0.15, -0.1) is 0 Å². The first-order valence-electron chi connectivity index (χ1n) is 4.19. The molecule has 0 radical (unpaired) electrons. The average Bonchev–Trinajstić information content (AvgIpc) is 2.25. The quantitative estimate of drug-likeness (QED) is 0.594. The molecule has 1 N–H and O–H groups in total. The molecule has 0 amide bonds. The van der Waals surface area contributed by atoms with E-state index in [-0.39, 0.29) is 6.79 Å². The Labute approximate surface area is 87.4 Å². The normalized spacial score (nSPS) is 8.87. The van der Waals surface area contributed by atoms with Crippen LogP contribution in [-0.4, -0.2) is 25.0 Å². The largest absolute Gasteiger partial charge is 0.472 e. The fourth-order valence-corrected chi connectivity index (χ4v) is 0.887. The highest BCUT2D eigenvalue weighted by atomic mass is 16.7. The van der Waals surface area contributed by atoms with Crippen molar-refractivity contribution >= 4 is 5.97 Å². The predicted molar refractivity (Wildman–Crippen MR) is 53.5 cm³/mol. The summed E-state index contributed by atoms with van der Waals surface area (Å²) < 4.78 is 9.88. The highest BCUT2D eigenvalue weighted by Crippen LogP contribution is 2.11. The Bertz CT molecular complexity index is 383. The Morgan fingerprint density at radius 2 is 2.07 bits per heavy atom. The number of carbonyl (C=O) groups is 1. The van der Waals surface area contributed by atoms with Gasteiger partial charge in [0.1, 0.15) is 5.75 Å². The van der Waals surface area contributed by atoms with Crippen LogP contribution >= 0.6 is 0 Å². The van der Waals surface area contributed by atoms with Crippen LogP contribution in [0.3, 0.4) is 0 Å². The smallest absolute Gasteiger partial charge is 0.382 e. The molecule has 4 nitrogen and oxygen atoms in total. The molecule has 1 aromatic carbocycles. The molecule has 1 aromatic rings. The lowest BCUT2D eigenvalue weighted by Crippen LogP contribution is -1.98. The van der Waals surface area contributed by atoms with E-state index in [2.05, 4.69) is 5.92 Å². The van der Waals surface area contributed by atoms with Gasteiger partial charge >= 0.3 is 5.97 Å². The number of aliphatic carboxylic acids is 1. The Morgan fingerprint density at radius 1 is 1.40 bits per heavy atom. The summed E-state index contributed by atoms with van der Waals surface area (Å²) in [6, 6.07) is 6.76. The zero-order valence-corrected chi connectivity index (χ0v) is 8.19. The minimum absolute atomic E-state index is 0.181. The highest BCUT2D eigenvalue weighted by molar-refractivity contribution is 5.87. The Balaban J connectivity index is 2.65. The lowest BCUT2D eigenvalue weighted by molar-refractivity contribution is -0.130. The van der Waals surface area contributed by atoms with Gasteiger partial charge in [0.25, 0.3) is 0 Å². The molecular weight excluding hydrogens is 196 g/mol. The number of rotatable bonds is 3. The third kappa shape index (κ3) is 4.16. The highest BCUT2D eigenvalue weighted by Gasteiger charge is 1.92. The van der Waals surface area contributed by atoms with Crippen molar-refractivity contribution < 1.29 is 19.4 Å². The Kier molecular flexibility index (Phi) is 4.20. The third-order valence-corrected chi connectivity index (χ3v) is 1.51. The number of carboxylic acids is 1. The molecule has 78 valence electrons. The molecule has 0 fully saturated rings. The second-order valence-electron chi connectivity index (χ2n) is 2.63. The maximum Gasteiger partial charge on any atom is 0.382 e. The molecule has 0 heterocycles. The van der Waals surface area contributed by atoms with Gasteiger partial charge in [-0.3, -0.25) is 0 Å². The van der Waals surface area contributed by atoms with Crippen molar-refractivity contribution in [1.29, 1.82) is 0 Å². The zero-order chi connectivity index (χ0) is 11.1. The van der Waals surface area contributed by atoms with Crippen molar-refractivity contribution in [3.63, 3.8) is 0 Å². The van der Waals surface area contributed by atoms with Gasteiger partial charge in [-0.1, -0.05) is 5.92 Å². The van der Waals surface area contributed by atoms with Crippen LogP contribution in [0.5, 0.6) is 5.75 Å². The van der Waals surface area contributed by atoms with Crippen LogP contribution in [0.4, 0.5) is 0 Å². The molecule has 0 aliphatic heterocycles. The third-order valence-electron chi connectivity index (χ3n) is 1.51. The van der Waals surface area contributed by atoms with Crippen molar-refractivity contribution in [2.24, 2.45) is 0 Å². The van der Waals surface area contributed by atoms with Crippen molar-refractivity contribution in [2.75, 3.05) is 13.9 Å². The molecule has 15 heavy (non-hydrogen) atoms. The molecule has 0 atom stereocenters. The molecule has 1 rings (SSSR count). The minimum Gasteiger partial charge on any atom is -0.472 e. The first-order valence-corrected chi connectivity index (χ1v) is 4.19. The van der Waals surface area contributed by atoms with Crippen LogP contribution in [0.25, 0.3) is 0 Å². The Hall–Kier alpha value is -1.99. The van der Waals surface area contributed by atoms with Crippen molar-refractivity contribution in [3.8, 4) is 17.6 Å². The van der Waals surface area contributed by atoms with E-state index in [1.54, 1.807) is 24.3 Å². The van der Waals surface area contributed by atoms with E-state index in [4.69, 9.17) is 14.6 Å². The molecule has 0 aliphatic rings. The van der Waals surface area contributed by atoms with E-state index < -0.39 is 5.97 Å². The molecule has 0 bridgehead atoms. The summed E-state index contributed by atoms with van der Waals surface area (Å²) in [6.07, 6.45) is 0. The molecule has 0 aromatic heterocycles. The summed E-state index contributed by atoms with van der Waals surface area (Å²) in [5.41, 5.74) is 0.627. The second-order valence-corrected chi connectivity index (χ2v) is 2.63. The summed E-state index contributed by atoms with van der Waals surface area (Å²) in [4.78, 5) is 10.2. The maximum atomic E-state index is 10.2. The molecule has 0 spiro atoms.